The van der Waals surface area contributed by atoms with Crippen molar-refractivity contribution in [2.24, 2.45) is 0 Å². The predicted octanol–water partition coefficient (Wildman–Crippen LogP) is 2.90. The summed E-state index contributed by atoms with van der Waals surface area (Å²) in [5, 5.41) is 2.24. The van der Waals surface area contributed by atoms with Gasteiger partial charge in [-0.3, -0.25) is 9.10 Å². The summed E-state index contributed by atoms with van der Waals surface area (Å²) in [6, 6.07) is 7.42. The first-order valence-electron chi connectivity index (χ1n) is 7.15. The van der Waals surface area contributed by atoms with Gasteiger partial charge in [-0.2, -0.15) is 0 Å². The Kier molecular flexibility index (Phi) is 5.68. The van der Waals surface area contributed by atoms with Gasteiger partial charge in [-0.25, -0.2) is 21.6 Å². The van der Waals surface area contributed by atoms with Crippen LogP contribution in [-0.2, 0) is 14.8 Å². The Labute approximate surface area is 143 Å². The average Bonchev–Trinajstić information content (AvgIpc) is 2.51. The van der Waals surface area contributed by atoms with Crippen LogP contribution in [0, 0.1) is 17.5 Å². The van der Waals surface area contributed by atoms with Crippen molar-refractivity contribution in [2.75, 3.05) is 22.4 Å². The van der Waals surface area contributed by atoms with Crippen LogP contribution >= 0.6 is 0 Å². The molecule has 0 heterocycles. The summed E-state index contributed by atoms with van der Waals surface area (Å²) in [5.74, 6) is -2.90. The summed E-state index contributed by atoms with van der Waals surface area (Å²) >= 11 is 0. The van der Waals surface area contributed by atoms with Gasteiger partial charge in [0.2, 0.25) is 15.9 Å². The number of rotatable bonds is 6. The van der Waals surface area contributed by atoms with E-state index in [1.807, 2.05) is 0 Å². The molecule has 9 heteroatoms. The number of nitrogens with one attached hydrogen (secondary N) is 1. The van der Waals surface area contributed by atoms with Gasteiger partial charge in [0, 0.05) is 19.0 Å². The Balaban J connectivity index is 2.07. The van der Waals surface area contributed by atoms with Crippen molar-refractivity contribution < 1.29 is 26.4 Å². The minimum Gasteiger partial charge on any atom is -0.324 e. The van der Waals surface area contributed by atoms with E-state index < -0.39 is 33.4 Å². The molecule has 0 aromatic heterocycles. The lowest BCUT2D eigenvalue weighted by Gasteiger charge is -2.22. The molecule has 1 N–H and O–H groups in total. The van der Waals surface area contributed by atoms with Gasteiger partial charge in [-0.15, -0.1) is 0 Å². The molecule has 0 unspecified atom stereocenters. The normalized spacial score (nSPS) is 11.2. The zero-order valence-electron chi connectivity index (χ0n) is 13.2. The van der Waals surface area contributed by atoms with E-state index in [1.54, 1.807) is 0 Å². The molecule has 0 aliphatic carbocycles. The molecule has 0 fully saturated rings. The fourth-order valence-electron chi connectivity index (χ4n) is 2.10. The Bertz CT molecular complexity index is 871. The number of amides is 1. The third-order valence-corrected chi connectivity index (χ3v) is 4.46. The van der Waals surface area contributed by atoms with Crippen molar-refractivity contribution in [3.05, 3.63) is 59.9 Å². The average molecular weight is 372 g/mol. The minimum atomic E-state index is -3.71. The van der Waals surface area contributed by atoms with Crippen molar-refractivity contribution in [3.63, 3.8) is 0 Å². The van der Waals surface area contributed by atoms with E-state index in [4.69, 9.17) is 0 Å². The fraction of sp³-hybridized carbons (Fsp3) is 0.188. The van der Waals surface area contributed by atoms with Gasteiger partial charge in [0.1, 0.15) is 17.5 Å². The molecule has 1 amide bonds. The standard InChI is InChI=1S/C16H15F3N2O3S/c1-25(23,24)21(13-5-2-11(17)3-6-13)9-8-16(22)20-15-7-4-12(18)10-14(15)19/h2-7,10H,8-9H2,1H3,(H,20,22). The molecule has 0 atom stereocenters. The van der Waals surface area contributed by atoms with Crippen LogP contribution in [0.3, 0.4) is 0 Å². The molecule has 25 heavy (non-hydrogen) atoms. The molecule has 134 valence electrons. The number of halogens is 3. The van der Waals surface area contributed by atoms with Crippen LogP contribution in [0.15, 0.2) is 42.5 Å². The molecule has 0 saturated carbocycles. The van der Waals surface area contributed by atoms with Gasteiger partial charge in [0.15, 0.2) is 0 Å². The second-order valence-corrected chi connectivity index (χ2v) is 7.14. The quantitative estimate of drug-likeness (QED) is 0.848. The SMILES string of the molecule is CS(=O)(=O)N(CCC(=O)Nc1ccc(F)cc1F)c1ccc(F)cc1. The largest absolute Gasteiger partial charge is 0.324 e. The maximum atomic E-state index is 13.5. The van der Waals surface area contributed by atoms with Crippen molar-refractivity contribution in [1.82, 2.24) is 0 Å². The fourth-order valence-corrected chi connectivity index (χ4v) is 3.03. The molecular formula is C16H15F3N2O3S. The van der Waals surface area contributed by atoms with Gasteiger partial charge >= 0.3 is 0 Å². The van der Waals surface area contributed by atoms with Crippen LogP contribution in [0.25, 0.3) is 0 Å². The van der Waals surface area contributed by atoms with Gasteiger partial charge < -0.3 is 5.32 Å². The first-order chi connectivity index (χ1) is 11.7. The van der Waals surface area contributed by atoms with E-state index in [-0.39, 0.29) is 24.3 Å². The summed E-state index contributed by atoms with van der Waals surface area (Å²) < 4.78 is 64.0. The Hall–Kier alpha value is -2.55. The first kappa shape index (κ1) is 18.8. The molecule has 2 aromatic rings. The lowest BCUT2D eigenvalue weighted by molar-refractivity contribution is -0.116. The van der Waals surface area contributed by atoms with E-state index in [0.717, 1.165) is 34.8 Å². The topological polar surface area (TPSA) is 66.5 Å². The molecule has 0 aliphatic rings. The third-order valence-electron chi connectivity index (χ3n) is 3.26. The van der Waals surface area contributed by atoms with Crippen molar-refractivity contribution in [3.8, 4) is 0 Å². The molecule has 0 aliphatic heterocycles. The second-order valence-electron chi connectivity index (χ2n) is 5.23. The predicted molar refractivity (Wildman–Crippen MR) is 88.2 cm³/mol. The Morgan fingerprint density at radius 2 is 1.64 bits per heavy atom. The summed E-state index contributed by atoms with van der Waals surface area (Å²) in [5.41, 5.74) is -0.0104. The van der Waals surface area contributed by atoms with E-state index in [1.165, 1.54) is 12.1 Å². The highest BCUT2D eigenvalue weighted by Gasteiger charge is 2.19. The highest BCUT2D eigenvalue weighted by molar-refractivity contribution is 7.92. The van der Waals surface area contributed by atoms with Gasteiger partial charge in [0.05, 0.1) is 17.6 Å². The molecule has 0 saturated heterocycles. The maximum Gasteiger partial charge on any atom is 0.232 e. The summed E-state index contributed by atoms with van der Waals surface area (Å²) in [6.45, 7) is -0.223. The molecule has 2 rings (SSSR count). The second kappa shape index (κ2) is 7.56. The van der Waals surface area contributed by atoms with Crippen LogP contribution in [0.5, 0.6) is 0 Å². The lowest BCUT2D eigenvalue weighted by Crippen LogP contribution is -2.33. The number of carbonyl (C=O) groups is 1. The zero-order chi connectivity index (χ0) is 18.6. The summed E-state index contributed by atoms with van der Waals surface area (Å²) in [6.07, 6.45) is 0.676. The number of carbonyl (C=O) groups excluding carboxylic acids is 1. The van der Waals surface area contributed by atoms with Crippen LogP contribution in [-0.4, -0.2) is 27.1 Å². The van der Waals surface area contributed by atoms with E-state index in [9.17, 15) is 26.4 Å². The molecule has 0 spiro atoms. The number of nitrogens with zero attached hydrogens (tertiary/aromatic N) is 1. The number of sulfonamides is 1. The molecule has 2 aromatic carbocycles. The Morgan fingerprint density at radius 3 is 2.20 bits per heavy atom. The number of hydrogen-bond donors (Lipinski definition) is 1. The van der Waals surface area contributed by atoms with Crippen molar-refractivity contribution in [2.45, 2.75) is 6.42 Å². The van der Waals surface area contributed by atoms with Crippen LogP contribution in [0.4, 0.5) is 24.5 Å². The van der Waals surface area contributed by atoms with E-state index in [0.29, 0.717) is 6.07 Å². The van der Waals surface area contributed by atoms with Crippen LogP contribution < -0.4 is 9.62 Å². The van der Waals surface area contributed by atoms with Gasteiger partial charge in [0.25, 0.3) is 0 Å². The molecule has 0 radical (unpaired) electrons. The zero-order valence-corrected chi connectivity index (χ0v) is 14.0. The van der Waals surface area contributed by atoms with Gasteiger partial charge in [-0.1, -0.05) is 0 Å². The lowest BCUT2D eigenvalue weighted by atomic mass is 10.2. The van der Waals surface area contributed by atoms with Crippen LogP contribution in [0.2, 0.25) is 0 Å². The highest BCUT2D eigenvalue weighted by atomic mass is 32.2. The molecular weight excluding hydrogens is 357 g/mol. The monoisotopic (exact) mass is 372 g/mol. The highest BCUT2D eigenvalue weighted by Crippen LogP contribution is 2.19. The van der Waals surface area contributed by atoms with E-state index >= 15 is 0 Å². The number of benzene rings is 2. The van der Waals surface area contributed by atoms with Crippen molar-refractivity contribution >= 4 is 27.3 Å². The minimum absolute atomic E-state index is 0.199. The number of anilines is 2. The van der Waals surface area contributed by atoms with Gasteiger partial charge in [-0.05, 0) is 36.4 Å². The molecule has 0 bridgehead atoms. The number of hydrogen-bond acceptors (Lipinski definition) is 3. The van der Waals surface area contributed by atoms with Crippen LogP contribution in [0.1, 0.15) is 6.42 Å². The molecule has 5 nitrogen and oxygen atoms in total. The van der Waals surface area contributed by atoms with Crippen molar-refractivity contribution in [1.29, 1.82) is 0 Å². The maximum absolute atomic E-state index is 13.5. The summed E-state index contributed by atoms with van der Waals surface area (Å²) in [7, 11) is -3.71. The van der Waals surface area contributed by atoms with E-state index in [2.05, 4.69) is 5.32 Å². The third kappa shape index (κ3) is 5.21. The first-order valence-corrected chi connectivity index (χ1v) is 9.00. The smallest absolute Gasteiger partial charge is 0.232 e. The Morgan fingerprint density at radius 1 is 1.04 bits per heavy atom. The summed E-state index contributed by atoms with van der Waals surface area (Å²) in [4.78, 5) is 11.9.